The van der Waals surface area contributed by atoms with E-state index in [2.05, 4.69) is 5.32 Å². The lowest BCUT2D eigenvalue weighted by Crippen LogP contribution is -2.45. The van der Waals surface area contributed by atoms with E-state index in [-0.39, 0.29) is 30.7 Å². The van der Waals surface area contributed by atoms with E-state index in [1.54, 1.807) is 24.3 Å². The van der Waals surface area contributed by atoms with E-state index in [4.69, 9.17) is 9.47 Å². The molecule has 3 heterocycles. The van der Waals surface area contributed by atoms with Gasteiger partial charge in [-0.25, -0.2) is 0 Å². The number of para-hydroxylation sites is 2. The number of hydrogen-bond acceptors (Lipinski definition) is 5. The molecule has 2 N–H and O–H groups in total. The highest BCUT2D eigenvalue weighted by Crippen LogP contribution is 2.42. The maximum atomic E-state index is 12.7. The summed E-state index contributed by atoms with van der Waals surface area (Å²) in [6.45, 7) is 1.20. The number of ether oxygens (including phenoxy) is 2. The van der Waals surface area contributed by atoms with E-state index in [9.17, 15) is 19.5 Å². The molecule has 0 aliphatic carbocycles. The van der Waals surface area contributed by atoms with Crippen molar-refractivity contribution < 1.29 is 29.0 Å². The van der Waals surface area contributed by atoms with Crippen LogP contribution >= 0.6 is 0 Å². The normalized spacial score (nSPS) is 30.0. The van der Waals surface area contributed by atoms with Gasteiger partial charge >= 0.3 is 5.97 Å². The first-order chi connectivity index (χ1) is 12.5. The Labute approximate surface area is 150 Å². The Bertz CT molecular complexity index is 766. The van der Waals surface area contributed by atoms with Gasteiger partial charge in [0.15, 0.2) is 6.10 Å². The number of carbonyl (C=O) groups is 3. The van der Waals surface area contributed by atoms with Gasteiger partial charge in [-0.3, -0.25) is 14.4 Å². The summed E-state index contributed by atoms with van der Waals surface area (Å²) in [5.74, 6) is -1.24. The molecular weight excluding hydrogens is 340 g/mol. The van der Waals surface area contributed by atoms with Crippen LogP contribution in [0.5, 0.6) is 5.75 Å². The van der Waals surface area contributed by atoms with Crippen LogP contribution in [0.25, 0.3) is 0 Å². The number of hydrogen-bond donors (Lipinski definition) is 2. The van der Waals surface area contributed by atoms with Gasteiger partial charge in [0.25, 0.3) is 5.91 Å². The van der Waals surface area contributed by atoms with Crippen molar-refractivity contribution in [2.45, 2.75) is 18.9 Å². The highest BCUT2D eigenvalue weighted by molar-refractivity contribution is 6.00. The summed E-state index contributed by atoms with van der Waals surface area (Å²) in [7, 11) is 0. The molecule has 2 saturated heterocycles. The summed E-state index contributed by atoms with van der Waals surface area (Å²) in [5.41, 5.74) is -0.369. The lowest BCUT2D eigenvalue weighted by atomic mass is 9.74. The van der Waals surface area contributed by atoms with Gasteiger partial charge in [0.1, 0.15) is 5.75 Å². The molecule has 3 aliphatic heterocycles. The van der Waals surface area contributed by atoms with Gasteiger partial charge in [0, 0.05) is 25.6 Å². The molecule has 26 heavy (non-hydrogen) atoms. The number of nitrogens with one attached hydrogen (secondary N) is 1. The van der Waals surface area contributed by atoms with Crippen LogP contribution in [0.4, 0.5) is 5.69 Å². The molecule has 3 aliphatic rings. The monoisotopic (exact) mass is 360 g/mol. The van der Waals surface area contributed by atoms with Crippen molar-refractivity contribution in [1.29, 1.82) is 0 Å². The summed E-state index contributed by atoms with van der Waals surface area (Å²) >= 11 is 0. The summed E-state index contributed by atoms with van der Waals surface area (Å²) in [6, 6.07) is 7.03. The molecule has 2 fully saturated rings. The third kappa shape index (κ3) is 2.70. The SMILES string of the molecule is O=C1Nc2ccccc2OC1CC(=O)N1C[C@H]2COCC[C@@]2(C(=O)O)C1. The number of fused-ring (bicyclic) bond motifs is 2. The zero-order chi connectivity index (χ0) is 18.3. The lowest BCUT2D eigenvalue weighted by molar-refractivity contribution is -0.157. The van der Waals surface area contributed by atoms with E-state index in [0.29, 0.717) is 37.6 Å². The van der Waals surface area contributed by atoms with E-state index < -0.39 is 17.5 Å². The highest BCUT2D eigenvalue weighted by Gasteiger charge is 2.55. The topological polar surface area (TPSA) is 105 Å². The highest BCUT2D eigenvalue weighted by atomic mass is 16.5. The molecule has 0 aromatic heterocycles. The zero-order valence-corrected chi connectivity index (χ0v) is 14.1. The fraction of sp³-hybridized carbons (Fsp3) is 0.500. The average Bonchev–Trinajstić information content (AvgIpc) is 3.03. The Morgan fingerprint density at radius 1 is 1.35 bits per heavy atom. The maximum Gasteiger partial charge on any atom is 0.311 e. The number of carboxylic acids is 1. The predicted molar refractivity (Wildman–Crippen MR) is 89.7 cm³/mol. The van der Waals surface area contributed by atoms with E-state index in [0.717, 1.165) is 0 Å². The molecule has 1 aromatic rings. The van der Waals surface area contributed by atoms with Crippen LogP contribution < -0.4 is 10.1 Å². The van der Waals surface area contributed by atoms with Crippen LogP contribution in [-0.2, 0) is 19.1 Å². The van der Waals surface area contributed by atoms with Gasteiger partial charge in [0.05, 0.1) is 24.1 Å². The molecule has 0 radical (unpaired) electrons. The second-order valence-corrected chi connectivity index (χ2v) is 7.05. The lowest BCUT2D eigenvalue weighted by Gasteiger charge is -2.33. The minimum Gasteiger partial charge on any atom is -0.481 e. The van der Waals surface area contributed by atoms with Crippen molar-refractivity contribution in [3.63, 3.8) is 0 Å². The van der Waals surface area contributed by atoms with Crippen molar-refractivity contribution in [3.05, 3.63) is 24.3 Å². The fourth-order valence-electron chi connectivity index (χ4n) is 4.00. The molecule has 0 bridgehead atoms. The Balaban J connectivity index is 1.46. The maximum absolute atomic E-state index is 12.7. The van der Waals surface area contributed by atoms with E-state index in [1.807, 2.05) is 0 Å². The predicted octanol–water partition coefficient (Wildman–Crippen LogP) is 0.726. The van der Waals surface area contributed by atoms with Crippen molar-refractivity contribution in [3.8, 4) is 5.75 Å². The van der Waals surface area contributed by atoms with Crippen molar-refractivity contribution in [2.24, 2.45) is 11.3 Å². The van der Waals surface area contributed by atoms with Gasteiger partial charge in [-0.2, -0.15) is 0 Å². The molecule has 8 heteroatoms. The third-order valence-electron chi connectivity index (χ3n) is 5.55. The first-order valence-electron chi connectivity index (χ1n) is 8.65. The Morgan fingerprint density at radius 2 is 2.15 bits per heavy atom. The largest absolute Gasteiger partial charge is 0.481 e. The summed E-state index contributed by atoms with van der Waals surface area (Å²) in [5, 5.41) is 12.4. The van der Waals surface area contributed by atoms with Crippen molar-refractivity contribution >= 4 is 23.5 Å². The smallest absolute Gasteiger partial charge is 0.311 e. The summed E-state index contributed by atoms with van der Waals surface area (Å²) in [6.07, 6.45) is -0.648. The second kappa shape index (κ2) is 6.28. The Kier molecular flexibility index (Phi) is 4.07. The van der Waals surface area contributed by atoms with Crippen LogP contribution in [-0.4, -0.2) is 60.2 Å². The molecular formula is C18H20N2O6. The minimum absolute atomic E-state index is 0.122. The molecule has 2 amide bonds. The van der Waals surface area contributed by atoms with Gasteiger partial charge < -0.3 is 24.8 Å². The van der Waals surface area contributed by atoms with E-state index in [1.165, 1.54) is 4.90 Å². The summed E-state index contributed by atoms with van der Waals surface area (Å²) in [4.78, 5) is 38.3. The van der Waals surface area contributed by atoms with Crippen LogP contribution in [0.1, 0.15) is 12.8 Å². The number of nitrogens with zero attached hydrogens (tertiary/aromatic N) is 1. The number of likely N-dealkylation sites (tertiary alicyclic amines) is 1. The number of benzene rings is 1. The van der Waals surface area contributed by atoms with Crippen LogP contribution in [0.15, 0.2) is 24.3 Å². The van der Waals surface area contributed by atoms with E-state index >= 15 is 0 Å². The number of amides is 2. The van der Waals surface area contributed by atoms with Crippen molar-refractivity contribution in [1.82, 2.24) is 4.90 Å². The van der Waals surface area contributed by atoms with Crippen LogP contribution in [0.3, 0.4) is 0 Å². The van der Waals surface area contributed by atoms with Crippen LogP contribution in [0, 0.1) is 11.3 Å². The summed E-state index contributed by atoms with van der Waals surface area (Å²) < 4.78 is 11.1. The standard InChI is InChI=1S/C18H20N2O6/c21-15(7-14-16(22)19-12-3-1-2-4-13(12)26-14)20-8-11-9-25-6-5-18(11,10-20)17(23)24/h1-4,11,14H,5-10H2,(H,19,22)(H,23,24)/t11-,14?,18+/m0/s1. The van der Waals surface area contributed by atoms with Crippen LogP contribution in [0.2, 0.25) is 0 Å². The minimum atomic E-state index is -0.948. The van der Waals surface area contributed by atoms with Gasteiger partial charge in [-0.15, -0.1) is 0 Å². The molecule has 138 valence electrons. The first kappa shape index (κ1) is 16.8. The third-order valence-corrected chi connectivity index (χ3v) is 5.55. The quantitative estimate of drug-likeness (QED) is 0.823. The Hall–Kier alpha value is -2.61. The molecule has 1 aromatic carbocycles. The number of carbonyl (C=O) groups excluding carboxylic acids is 2. The number of anilines is 1. The number of carboxylic acid groups (broad SMARTS) is 1. The second-order valence-electron chi connectivity index (χ2n) is 7.05. The molecule has 1 unspecified atom stereocenters. The van der Waals surface area contributed by atoms with Gasteiger partial charge in [-0.05, 0) is 18.6 Å². The molecule has 3 atom stereocenters. The van der Waals surface area contributed by atoms with Crippen molar-refractivity contribution in [2.75, 3.05) is 31.6 Å². The molecule has 8 nitrogen and oxygen atoms in total. The van der Waals surface area contributed by atoms with Gasteiger partial charge in [0.2, 0.25) is 5.91 Å². The number of rotatable bonds is 3. The molecule has 4 rings (SSSR count). The van der Waals surface area contributed by atoms with Gasteiger partial charge in [-0.1, -0.05) is 12.1 Å². The molecule has 0 saturated carbocycles. The fourth-order valence-corrected chi connectivity index (χ4v) is 4.00. The molecule has 0 spiro atoms. The average molecular weight is 360 g/mol. The first-order valence-corrected chi connectivity index (χ1v) is 8.65. The zero-order valence-electron chi connectivity index (χ0n) is 14.1. The number of aliphatic carboxylic acids is 1. The Morgan fingerprint density at radius 3 is 2.92 bits per heavy atom.